The van der Waals surface area contributed by atoms with Gasteiger partial charge in [-0.25, -0.2) is 4.98 Å². The van der Waals surface area contributed by atoms with Gasteiger partial charge in [-0.3, -0.25) is 0 Å². The van der Waals surface area contributed by atoms with Gasteiger partial charge in [-0.2, -0.15) is 0 Å². The van der Waals surface area contributed by atoms with Crippen LogP contribution in [-0.4, -0.2) is 18.2 Å². The highest BCUT2D eigenvalue weighted by Gasteiger charge is 2.17. The number of aryl methyl sites for hydroxylation is 4. The molecule has 2 heterocycles. The molecule has 0 bridgehead atoms. The van der Waals surface area contributed by atoms with Crippen LogP contribution in [-0.2, 0) is 0 Å². The molecule has 4 rings (SSSR count). The van der Waals surface area contributed by atoms with Crippen LogP contribution in [0.5, 0.6) is 11.5 Å². The van der Waals surface area contributed by atoms with Crippen molar-refractivity contribution in [2.24, 2.45) is 0 Å². The standard InChI is InChI=1S/C21H21NO2/c1-12-5-6-16-13(2)9-18(22-21(16)15(12)4)17-11-20-19(10-14(17)3)23-7-8-24-20/h5-6,9-11H,7-8H2,1-4H3. The lowest BCUT2D eigenvalue weighted by molar-refractivity contribution is 0.171. The van der Waals surface area contributed by atoms with E-state index in [0.29, 0.717) is 13.2 Å². The van der Waals surface area contributed by atoms with Crippen molar-refractivity contribution in [3.63, 3.8) is 0 Å². The largest absolute Gasteiger partial charge is 0.486 e. The van der Waals surface area contributed by atoms with E-state index in [1.54, 1.807) is 0 Å². The number of pyridine rings is 1. The van der Waals surface area contributed by atoms with E-state index in [2.05, 4.69) is 52.0 Å². The molecule has 1 aliphatic rings. The fourth-order valence-electron chi connectivity index (χ4n) is 3.30. The summed E-state index contributed by atoms with van der Waals surface area (Å²) >= 11 is 0. The van der Waals surface area contributed by atoms with Crippen molar-refractivity contribution in [3.05, 3.63) is 52.6 Å². The molecule has 0 aliphatic carbocycles. The van der Waals surface area contributed by atoms with Crippen LogP contribution in [0.15, 0.2) is 30.3 Å². The molecule has 0 radical (unpaired) electrons. The fourth-order valence-corrected chi connectivity index (χ4v) is 3.30. The van der Waals surface area contributed by atoms with Gasteiger partial charge in [-0.15, -0.1) is 0 Å². The highest BCUT2D eigenvalue weighted by atomic mass is 16.6. The number of benzene rings is 2. The molecule has 0 spiro atoms. The summed E-state index contributed by atoms with van der Waals surface area (Å²) in [7, 11) is 0. The second-order valence-corrected chi connectivity index (χ2v) is 6.54. The minimum atomic E-state index is 0.595. The number of fused-ring (bicyclic) bond motifs is 2. The zero-order valence-corrected chi connectivity index (χ0v) is 14.6. The molecule has 0 fully saturated rings. The summed E-state index contributed by atoms with van der Waals surface area (Å²) in [5.74, 6) is 1.63. The molecule has 3 aromatic rings. The third-order valence-electron chi connectivity index (χ3n) is 4.88. The number of nitrogens with zero attached hydrogens (tertiary/aromatic N) is 1. The number of hydrogen-bond donors (Lipinski definition) is 0. The van der Waals surface area contributed by atoms with Gasteiger partial charge in [-0.1, -0.05) is 12.1 Å². The van der Waals surface area contributed by atoms with Gasteiger partial charge >= 0.3 is 0 Å². The Morgan fingerprint density at radius 1 is 0.792 bits per heavy atom. The van der Waals surface area contributed by atoms with E-state index in [4.69, 9.17) is 14.5 Å². The van der Waals surface area contributed by atoms with Gasteiger partial charge in [-0.05, 0) is 68.1 Å². The van der Waals surface area contributed by atoms with Crippen LogP contribution >= 0.6 is 0 Å². The summed E-state index contributed by atoms with van der Waals surface area (Å²) < 4.78 is 11.4. The molecule has 2 aromatic carbocycles. The molecular formula is C21H21NO2. The van der Waals surface area contributed by atoms with E-state index < -0.39 is 0 Å². The second-order valence-electron chi connectivity index (χ2n) is 6.54. The van der Waals surface area contributed by atoms with E-state index in [9.17, 15) is 0 Å². The highest BCUT2D eigenvalue weighted by Crippen LogP contribution is 2.37. The van der Waals surface area contributed by atoms with Crippen LogP contribution in [0.25, 0.3) is 22.2 Å². The van der Waals surface area contributed by atoms with Crippen LogP contribution in [0.1, 0.15) is 22.3 Å². The molecule has 122 valence electrons. The topological polar surface area (TPSA) is 31.4 Å². The summed E-state index contributed by atoms with van der Waals surface area (Å²) in [5.41, 5.74) is 8.08. The molecule has 3 heteroatoms. The zero-order chi connectivity index (χ0) is 16.8. The van der Waals surface area contributed by atoms with Gasteiger partial charge in [0.1, 0.15) is 13.2 Å². The maximum absolute atomic E-state index is 5.75. The number of hydrogen-bond acceptors (Lipinski definition) is 3. The Bertz CT molecular complexity index is 960. The zero-order valence-electron chi connectivity index (χ0n) is 14.6. The van der Waals surface area contributed by atoms with Crippen molar-refractivity contribution >= 4 is 10.9 Å². The average Bonchev–Trinajstić information content (AvgIpc) is 2.57. The van der Waals surface area contributed by atoms with Crippen molar-refractivity contribution in [1.29, 1.82) is 0 Å². The van der Waals surface area contributed by atoms with E-state index in [1.165, 1.54) is 22.1 Å². The van der Waals surface area contributed by atoms with Crippen molar-refractivity contribution in [1.82, 2.24) is 4.98 Å². The Hall–Kier alpha value is -2.55. The first-order chi connectivity index (χ1) is 11.5. The highest BCUT2D eigenvalue weighted by molar-refractivity contribution is 5.88. The lowest BCUT2D eigenvalue weighted by Crippen LogP contribution is -2.15. The lowest BCUT2D eigenvalue weighted by atomic mass is 9.98. The number of aromatic nitrogens is 1. The third kappa shape index (κ3) is 2.32. The summed E-state index contributed by atoms with van der Waals surface area (Å²) in [6, 6.07) is 10.6. The summed E-state index contributed by atoms with van der Waals surface area (Å²) in [6.07, 6.45) is 0. The molecule has 1 aliphatic heterocycles. The predicted octanol–water partition coefficient (Wildman–Crippen LogP) is 4.91. The monoisotopic (exact) mass is 319 g/mol. The van der Waals surface area contributed by atoms with E-state index in [0.717, 1.165) is 33.8 Å². The van der Waals surface area contributed by atoms with Crippen LogP contribution < -0.4 is 9.47 Å². The van der Waals surface area contributed by atoms with E-state index in [-0.39, 0.29) is 0 Å². The first kappa shape index (κ1) is 15.0. The van der Waals surface area contributed by atoms with Crippen LogP contribution in [0.4, 0.5) is 0 Å². The normalized spacial score (nSPS) is 13.3. The van der Waals surface area contributed by atoms with Gasteiger partial charge in [0, 0.05) is 10.9 Å². The van der Waals surface area contributed by atoms with Gasteiger partial charge in [0.2, 0.25) is 0 Å². The van der Waals surface area contributed by atoms with Gasteiger partial charge in [0.25, 0.3) is 0 Å². The minimum Gasteiger partial charge on any atom is -0.486 e. The van der Waals surface area contributed by atoms with Crippen LogP contribution in [0.3, 0.4) is 0 Å². The molecule has 0 amide bonds. The van der Waals surface area contributed by atoms with E-state index >= 15 is 0 Å². The van der Waals surface area contributed by atoms with Gasteiger partial charge < -0.3 is 9.47 Å². The molecule has 0 unspecified atom stereocenters. The van der Waals surface area contributed by atoms with Gasteiger partial charge in [0.15, 0.2) is 11.5 Å². The molecule has 0 saturated heterocycles. The Morgan fingerprint density at radius 3 is 2.25 bits per heavy atom. The average molecular weight is 319 g/mol. The predicted molar refractivity (Wildman–Crippen MR) is 97.1 cm³/mol. The Morgan fingerprint density at radius 2 is 1.50 bits per heavy atom. The quantitative estimate of drug-likeness (QED) is 0.639. The third-order valence-corrected chi connectivity index (χ3v) is 4.88. The second kappa shape index (κ2) is 5.52. The Labute approximate surface area is 142 Å². The first-order valence-electron chi connectivity index (χ1n) is 8.33. The molecule has 0 N–H and O–H groups in total. The molecule has 0 atom stereocenters. The molecule has 3 nitrogen and oxygen atoms in total. The van der Waals surface area contributed by atoms with Crippen molar-refractivity contribution in [2.45, 2.75) is 27.7 Å². The van der Waals surface area contributed by atoms with Crippen molar-refractivity contribution in [3.8, 4) is 22.8 Å². The smallest absolute Gasteiger partial charge is 0.162 e. The fraction of sp³-hybridized carbons (Fsp3) is 0.286. The number of rotatable bonds is 1. The number of ether oxygens (including phenoxy) is 2. The Balaban J connectivity index is 1.95. The summed E-state index contributed by atoms with van der Waals surface area (Å²) in [4.78, 5) is 4.98. The molecular weight excluding hydrogens is 298 g/mol. The van der Waals surface area contributed by atoms with Crippen LogP contribution in [0.2, 0.25) is 0 Å². The maximum atomic E-state index is 5.75. The SMILES string of the molecule is Cc1cc2c(cc1-c1cc(C)c3ccc(C)c(C)c3n1)OCCO2. The van der Waals surface area contributed by atoms with Crippen molar-refractivity contribution in [2.75, 3.05) is 13.2 Å². The lowest BCUT2D eigenvalue weighted by Gasteiger charge is -2.20. The molecule has 1 aromatic heterocycles. The first-order valence-corrected chi connectivity index (χ1v) is 8.33. The maximum Gasteiger partial charge on any atom is 0.162 e. The van der Waals surface area contributed by atoms with Crippen LogP contribution in [0, 0.1) is 27.7 Å². The van der Waals surface area contributed by atoms with Gasteiger partial charge in [0.05, 0.1) is 11.2 Å². The molecule has 24 heavy (non-hydrogen) atoms. The minimum absolute atomic E-state index is 0.595. The van der Waals surface area contributed by atoms with E-state index in [1.807, 2.05) is 6.07 Å². The summed E-state index contributed by atoms with van der Waals surface area (Å²) in [6.45, 7) is 9.72. The van der Waals surface area contributed by atoms with Crippen molar-refractivity contribution < 1.29 is 9.47 Å². The summed E-state index contributed by atoms with van der Waals surface area (Å²) in [5, 5.41) is 1.22. The Kier molecular flexibility index (Phi) is 3.45. The molecule has 0 saturated carbocycles.